The highest BCUT2D eigenvalue weighted by molar-refractivity contribution is 6.11. The Kier molecular flexibility index (Phi) is 3.31. The van der Waals surface area contributed by atoms with Crippen LogP contribution in [0.5, 0.6) is 0 Å². The van der Waals surface area contributed by atoms with Crippen LogP contribution in [0.3, 0.4) is 0 Å². The number of halogens is 1. The number of urea groups is 1. The van der Waals surface area contributed by atoms with E-state index in [4.69, 9.17) is 0 Å². The number of carbonyl (C=O) groups excluding carboxylic acids is 3. The molecule has 1 atom stereocenters. The highest BCUT2D eigenvalue weighted by Gasteiger charge is 2.51. The van der Waals surface area contributed by atoms with Gasteiger partial charge in [-0.3, -0.25) is 14.9 Å². The molecule has 126 valence electrons. The van der Waals surface area contributed by atoms with Crippen LogP contribution < -0.4 is 15.5 Å². The van der Waals surface area contributed by atoms with Gasteiger partial charge in [0.15, 0.2) is 0 Å². The summed E-state index contributed by atoms with van der Waals surface area (Å²) in [6, 6.07) is 12.1. The number of rotatable bonds is 1. The van der Waals surface area contributed by atoms with Crippen LogP contribution in [0.4, 0.5) is 14.9 Å². The summed E-state index contributed by atoms with van der Waals surface area (Å²) < 4.78 is 14.0. The summed E-state index contributed by atoms with van der Waals surface area (Å²) in [5.41, 5.74) is -0.221. The summed E-state index contributed by atoms with van der Waals surface area (Å²) in [5.74, 6) is -1.52. The van der Waals surface area contributed by atoms with E-state index in [2.05, 4.69) is 10.6 Å². The summed E-state index contributed by atoms with van der Waals surface area (Å²) >= 11 is 0. The van der Waals surface area contributed by atoms with Gasteiger partial charge in [-0.2, -0.15) is 0 Å². The molecule has 0 saturated carbocycles. The van der Waals surface area contributed by atoms with E-state index in [-0.39, 0.29) is 18.5 Å². The van der Waals surface area contributed by atoms with Crippen molar-refractivity contribution >= 4 is 23.5 Å². The average molecular weight is 339 g/mol. The van der Waals surface area contributed by atoms with Crippen molar-refractivity contribution in [3.05, 3.63) is 65.5 Å². The molecule has 0 aromatic heterocycles. The molecular formula is C18H14FN3O3. The van der Waals surface area contributed by atoms with Gasteiger partial charge < -0.3 is 10.2 Å². The van der Waals surface area contributed by atoms with Gasteiger partial charge in [0.1, 0.15) is 11.4 Å². The lowest BCUT2D eigenvalue weighted by Crippen LogP contribution is -2.52. The van der Waals surface area contributed by atoms with Crippen LogP contribution >= 0.6 is 0 Å². The van der Waals surface area contributed by atoms with Gasteiger partial charge in [-0.25, -0.2) is 9.18 Å². The molecule has 2 heterocycles. The molecule has 4 rings (SSSR count). The minimum atomic E-state index is -1.19. The molecule has 6 nitrogen and oxygen atoms in total. The van der Waals surface area contributed by atoms with Gasteiger partial charge in [0, 0.05) is 18.5 Å². The fourth-order valence-electron chi connectivity index (χ4n) is 3.45. The average Bonchev–Trinajstić information content (AvgIpc) is 2.89. The van der Waals surface area contributed by atoms with Crippen LogP contribution in [0.25, 0.3) is 0 Å². The Morgan fingerprint density at radius 3 is 2.52 bits per heavy atom. The van der Waals surface area contributed by atoms with E-state index >= 15 is 0 Å². The van der Waals surface area contributed by atoms with Crippen molar-refractivity contribution in [3.8, 4) is 0 Å². The number of carbonyl (C=O) groups is 3. The van der Waals surface area contributed by atoms with Gasteiger partial charge in [0.05, 0.1) is 11.3 Å². The Morgan fingerprint density at radius 1 is 1.08 bits per heavy atom. The van der Waals surface area contributed by atoms with Crippen molar-refractivity contribution in [3.63, 3.8) is 0 Å². The molecular weight excluding hydrogens is 325 g/mol. The highest BCUT2D eigenvalue weighted by atomic mass is 19.1. The standard InChI is InChI=1S/C18H14FN3O3/c19-13-7-3-1-5-11(13)15(23)22-10-9-18(16(24)20-17(25)21-18)12-6-2-4-8-14(12)22/h1-8H,9-10H2,(H2,20,21,24,25). The third-order valence-corrected chi connectivity index (χ3v) is 4.66. The number of imide groups is 1. The summed E-state index contributed by atoms with van der Waals surface area (Å²) in [7, 11) is 0. The highest BCUT2D eigenvalue weighted by Crippen LogP contribution is 2.40. The quantitative estimate of drug-likeness (QED) is 0.779. The Morgan fingerprint density at radius 2 is 1.80 bits per heavy atom. The van der Waals surface area contributed by atoms with Gasteiger partial charge in [-0.15, -0.1) is 0 Å². The first-order valence-electron chi connectivity index (χ1n) is 7.82. The summed E-state index contributed by atoms with van der Waals surface area (Å²) in [6.45, 7) is 0.178. The maximum absolute atomic E-state index is 14.0. The van der Waals surface area contributed by atoms with Crippen molar-refractivity contribution < 1.29 is 18.8 Å². The zero-order valence-electron chi connectivity index (χ0n) is 13.1. The van der Waals surface area contributed by atoms with Crippen LogP contribution in [-0.2, 0) is 10.3 Å². The smallest absolute Gasteiger partial charge is 0.319 e. The number of fused-ring (bicyclic) bond motifs is 2. The van der Waals surface area contributed by atoms with Crippen LogP contribution in [-0.4, -0.2) is 24.4 Å². The fraction of sp³-hybridized carbons (Fsp3) is 0.167. The van der Waals surface area contributed by atoms with Gasteiger partial charge in [-0.1, -0.05) is 30.3 Å². The van der Waals surface area contributed by atoms with E-state index in [0.29, 0.717) is 11.3 Å². The monoisotopic (exact) mass is 339 g/mol. The van der Waals surface area contributed by atoms with E-state index < -0.39 is 29.2 Å². The molecule has 4 amide bonds. The third kappa shape index (κ3) is 2.20. The first-order chi connectivity index (χ1) is 12.0. The fourth-order valence-corrected chi connectivity index (χ4v) is 3.45. The Balaban J connectivity index is 1.80. The second kappa shape index (κ2) is 5.41. The van der Waals surface area contributed by atoms with Crippen LogP contribution in [0.1, 0.15) is 22.3 Å². The molecule has 2 aromatic rings. The SMILES string of the molecule is O=C1NC(=O)C2(CCN(C(=O)c3ccccc3F)c3ccccc32)N1. The lowest BCUT2D eigenvalue weighted by molar-refractivity contribution is -0.124. The lowest BCUT2D eigenvalue weighted by Gasteiger charge is -2.39. The molecule has 25 heavy (non-hydrogen) atoms. The molecule has 0 aliphatic carbocycles. The van der Waals surface area contributed by atoms with Crippen molar-refractivity contribution in [1.29, 1.82) is 0 Å². The molecule has 1 spiro atoms. The lowest BCUT2D eigenvalue weighted by atomic mass is 9.82. The number of hydrogen-bond acceptors (Lipinski definition) is 3. The van der Waals surface area contributed by atoms with Crippen LogP contribution in [0.2, 0.25) is 0 Å². The van der Waals surface area contributed by atoms with E-state index in [1.807, 2.05) is 0 Å². The topological polar surface area (TPSA) is 78.5 Å². The number of anilines is 1. The Bertz CT molecular complexity index is 914. The van der Waals surface area contributed by atoms with E-state index in [9.17, 15) is 18.8 Å². The van der Waals surface area contributed by atoms with Crippen LogP contribution in [0.15, 0.2) is 48.5 Å². The molecule has 1 unspecified atom stereocenters. The first-order valence-corrected chi connectivity index (χ1v) is 7.82. The zero-order valence-corrected chi connectivity index (χ0v) is 13.1. The minimum Gasteiger partial charge on any atom is -0.319 e. The first kappa shape index (κ1) is 15.3. The van der Waals surface area contributed by atoms with Crippen molar-refractivity contribution in [1.82, 2.24) is 10.6 Å². The van der Waals surface area contributed by atoms with E-state index in [1.165, 1.54) is 23.1 Å². The second-order valence-electron chi connectivity index (χ2n) is 6.02. The molecule has 1 saturated heterocycles. The molecule has 0 radical (unpaired) electrons. The van der Waals surface area contributed by atoms with Crippen LogP contribution in [0, 0.1) is 5.82 Å². The number of hydrogen-bond donors (Lipinski definition) is 2. The summed E-state index contributed by atoms with van der Waals surface area (Å²) in [4.78, 5) is 38.3. The number of amides is 4. The predicted octanol–water partition coefficient (Wildman–Crippen LogP) is 1.91. The molecule has 2 aromatic carbocycles. The zero-order chi connectivity index (χ0) is 17.6. The van der Waals surface area contributed by atoms with Gasteiger partial charge in [0.2, 0.25) is 0 Å². The molecule has 2 aliphatic rings. The van der Waals surface area contributed by atoms with E-state index in [1.54, 1.807) is 30.3 Å². The maximum atomic E-state index is 14.0. The Hall–Kier alpha value is -3.22. The largest absolute Gasteiger partial charge is 0.322 e. The molecule has 2 aliphatic heterocycles. The summed E-state index contributed by atoms with van der Waals surface area (Å²) in [5, 5.41) is 4.92. The predicted molar refractivity (Wildman–Crippen MR) is 87.5 cm³/mol. The third-order valence-electron chi connectivity index (χ3n) is 4.66. The minimum absolute atomic E-state index is 0.0341. The van der Waals surface area contributed by atoms with Crippen molar-refractivity contribution in [2.75, 3.05) is 11.4 Å². The number of benzene rings is 2. The number of nitrogens with zero attached hydrogens (tertiary/aromatic N) is 1. The van der Waals surface area contributed by atoms with Crippen molar-refractivity contribution in [2.24, 2.45) is 0 Å². The summed E-state index contributed by atoms with van der Waals surface area (Å²) in [6.07, 6.45) is 0.210. The van der Waals surface area contributed by atoms with Crippen molar-refractivity contribution in [2.45, 2.75) is 12.0 Å². The molecule has 7 heteroatoms. The van der Waals surface area contributed by atoms with Gasteiger partial charge in [0.25, 0.3) is 11.8 Å². The molecule has 1 fully saturated rings. The normalized spacial score (nSPS) is 21.7. The number of nitrogens with one attached hydrogen (secondary N) is 2. The van der Waals surface area contributed by atoms with Gasteiger partial charge in [-0.05, 0) is 18.2 Å². The van der Waals surface area contributed by atoms with E-state index in [0.717, 1.165) is 0 Å². The molecule has 2 N–H and O–H groups in total. The molecule has 0 bridgehead atoms. The second-order valence-corrected chi connectivity index (χ2v) is 6.02. The number of para-hydroxylation sites is 1. The maximum Gasteiger partial charge on any atom is 0.322 e. The Labute approximate surface area is 142 Å². The van der Waals surface area contributed by atoms with Gasteiger partial charge >= 0.3 is 6.03 Å².